The minimum absolute atomic E-state index is 0.124. The molecule has 2 heterocycles. The fourth-order valence-corrected chi connectivity index (χ4v) is 2.80. The Kier molecular flexibility index (Phi) is 3.85. The number of hydrogen-bond acceptors (Lipinski definition) is 5. The van der Waals surface area contributed by atoms with E-state index in [0.29, 0.717) is 14.9 Å². The predicted octanol–water partition coefficient (Wildman–Crippen LogP) is 3.77. The monoisotopic (exact) mass is 303 g/mol. The molecule has 2 N–H and O–H groups in total. The molecule has 2 aromatic rings. The van der Waals surface area contributed by atoms with Crippen molar-refractivity contribution in [3.05, 3.63) is 32.8 Å². The van der Waals surface area contributed by atoms with E-state index in [1.807, 2.05) is 0 Å². The van der Waals surface area contributed by atoms with Gasteiger partial charge in [-0.1, -0.05) is 11.6 Å². The molecule has 0 aliphatic carbocycles. The highest BCUT2D eigenvalue weighted by molar-refractivity contribution is 7.18. The van der Waals surface area contributed by atoms with Crippen LogP contribution in [-0.4, -0.2) is 17.2 Å². The van der Waals surface area contributed by atoms with Crippen LogP contribution in [0.4, 0.5) is 10.5 Å². The Morgan fingerprint density at radius 3 is 2.72 bits per heavy atom. The Labute approximate surface area is 115 Å². The Hall–Kier alpha value is -1.57. The minimum atomic E-state index is -1.42. The van der Waals surface area contributed by atoms with Crippen LogP contribution in [0.2, 0.25) is 4.34 Å². The molecule has 0 aliphatic rings. The summed E-state index contributed by atoms with van der Waals surface area (Å²) < 4.78 is 5.03. The SMILES string of the molecule is O=C(O)Oc1sccc1NC(=O)c1ccc(Cl)s1. The second-order valence-corrected chi connectivity index (χ2v) is 5.64. The van der Waals surface area contributed by atoms with Crippen LogP contribution >= 0.6 is 34.3 Å². The van der Waals surface area contributed by atoms with Crippen LogP contribution in [0.3, 0.4) is 0 Å². The Balaban J connectivity index is 2.12. The molecule has 0 radical (unpaired) electrons. The summed E-state index contributed by atoms with van der Waals surface area (Å²) in [6.45, 7) is 0. The van der Waals surface area contributed by atoms with E-state index >= 15 is 0 Å². The van der Waals surface area contributed by atoms with Gasteiger partial charge in [0.2, 0.25) is 5.06 Å². The van der Waals surface area contributed by atoms with Gasteiger partial charge in [0.1, 0.15) is 0 Å². The zero-order valence-electron chi connectivity index (χ0n) is 8.68. The van der Waals surface area contributed by atoms with E-state index in [9.17, 15) is 9.59 Å². The first kappa shape index (κ1) is 12.9. The van der Waals surface area contributed by atoms with Crippen molar-refractivity contribution in [2.24, 2.45) is 0 Å². The minimum Gasteiger partial charge on any atom is -0.449 e. The molecule has 0 saturated carbocycles. The van der Waals surface area contributed by atoms with E-state index in [-0.39, 0.29) is 11.0 Å². The maximum atomic E-state index is 11.8. The maximum absolute atomic E-state index is 11.8. The zero-order valence-corrected chi connectivity index (χ0v) is 11.1. The summed E-state index contributed by atoms with van der Waals surface area (Å²) in [7, 11) is 0. The number of carbonyl (C=O) groups excluding carboxylic acids is 1. The van der Waals surface area contributed by atoms with E-state index < -0.39 is 6.16 Å². The van der Waals surface area contributed by atoms with Gasteiger partial charge >= 0.3 is 6.16 Å². The van der Waals surface area contributed by atoms with Gasteiger partial charge in [0.15, 0.2) is 0 Å². The molecule has 1 amide bonds. The number of thiophene rings is 2. The second kappa shape index (κ2) is 5.38. The van der Waals surface area contributed by atoms with Crippen LogP contribution < -0.4 is 10.1 Å². The molecule has 0 bridgehead atoms. The highest BCUT2D eigenvalue weighted by atomic mass is 35.5. The summed E-state index contributed by atoms with van der Waals surface area (Å²) in [5.41, 5.74) is 0.317. The summed E-state index contributed by atoms with van der Waals surface area (Å²) in [5, 5.41) is 12.8. The standard InChI is InChI=1S/C10H6ClNO4S2/c11-7-2-1-6(18-7)8(13)12-5-3-4-17-9(5)16-10(14)15/h1-4H,(H,12,13)(H,14,15). The van der Waals surface area contributed by atoms with Crippen molar-refractivity contribution in [1.29, 1.82) is 0 Å². The summed E-state index contributed by atoms with van der Waals surface area (Å²) in [6, 6.07) is 4.77. The number of nitrogens with one attached hydrogen (secondary N) is 1. The van der Waals surface area contributed by atoms with E-state index in [1.54, 1.807) is 23.6 Å². The molecule has 0 aliphatic heterocycles. The smallest absolute Gasteiger partial charge is 0.449 e. The first-order valence-electron chi connectivity index (χ1n) is 4.61. The molecule has 2 rings (SSSR count). The molecule has 0 saturated heterocycles. The first-order valence-corrected chi connectivity index (χ1v) is 6.68. The zero-order chi connectivity index (χ0) is 13.1. The number of carbonyl (C=O) groups is 2. The fourth-order valence-electron chi connectivity index (χ4n) is 1.17. The van der Waals surface area contributed by atoms with Crippen LogP contribution in [0.25, 0.3) is 0 Å². The lowest BCUT2D eigenvalue weighted by Crippen LogP contribution is -2.11. The molecule has 0 fully saturated rings. The third kappa shape index (κ3) is 3.00. The van der Waals surface area contributed by atoms with E-state index in [0.717, 1.165) is 22.7 Å². The van der Waals surface area contributed by atoms with Crippen molar-refractivity contribution in [3.8, 4) is 5.06 Å². The fraction of sp³-hybridized carbons (Fsp3) is 0. The lowest BCUT2D eigenvalue weighted by atomic mass is 10.4. The first-order chi connectivity index (χ1) is 8.56. The van der Waals surface area contributed by atoms with Crippen molar-refractivity contribution in [1.82, 2.24) is 0 Å². The van der Waals surface area contributed by atoms with Crippen molar-refractivity contribution in [2.45, 2.75) is 0 Å². The van der Waals surface area contributed by atoms with Gasteiger partial charge < -0.3 is 15.2 Å². The number of hydrogen-bond donors (Lipinski definition) is 2. The van der Waals surface area contributed by atoms with Crippen molar-refractivity contribution < 1.29 is 19.4 Å². The third-order valence-corrected chi connectivity index (χ3v) is 3.87. The molecule has 0 atom stereocenters. The van der Waals surface area contributed by atoms with Crippen molar-refractivity contribution in [3.63, 3.8) is 0 Å². The van der Waals surface area contributed by atoms with Crippen LogP contribution in [-0.2, 0) is 0 Å². The lowest BCUT2D eigenvalue weighted by Gasteiger charge is -2.03. The highest BCUT2D eigenvalue weighted by Gasteiger charge is 2.14. The Morgan fingerprint density at radius 2 is 2.11 bits per heavy atom. The van der Waals surface area contributed by atoms with Crippen LogP contribution in [0.1, 0.15) is 9.67 Å². The van der Waals surface area contributed by atoms with Crippen molar-refractivity contribution in [2.75, 3.05) is 5.32 Å². The average molecular weight is 304 g/mol. The summed E-state index contributed by atoms with van der Waals surface area (Å²) in [5.74, 6) is -0.361. The van der Waals surface area contributed by atoms with Gasteiger partial charge in [-0.15, -0.1) is 22.7 Å². The number of rotatable bonds is 3. The number of ether oxygens (including phenoxy) is 1. The van der Waals surface area contributed by atoms with Gasteiger partial charge in [0.05, 0.1) is 14.9 Å². The molecule has 0 unspecified atom stereocenters. The van der Waals surface area contributed by atoms with Crippen LogP contribution in [0.5, 0.6) is 5.06 Å². The highest BCUT2D eigenvalue weighted by Crippen LogP contribution is 2.32. The van der Waals surface area contributed by atoms with Gasteiger partial charge in [0, 0.05) is 0 Å². The van der Waals surface area contributed by atoms with E-state index in [2.05, 4.69) is 10.1 Å². The Bertz CT molecular complexity index is 592. The molecule has 8 heteroatoms. The normalized spacial score (nSPS) is 10.1. The van der Waals surface area contributed by atoms with E-state index in [1.165, 1.54) is 0 Å². The van der Waals surface area contributed by atoms with Gasteiger partial charge in [-0.3, -0.25) is 4.79 Å². The summed E-state index contributed by atoms with van der Waals surface area (Å²) >= 11 is 7.94. The maximum Gasteiger partial charge on any atom is 0.512 e. The van der Waals surface area contributed by atoms with E-state index in [4.69, 9.17) is 16.7 Å². The van der Waals surface area contributed by atoms with Crippen LogP contribution in [0, 0.1) is 0 Å². The molecule has 0 spiro atoms. The second-order valence-electron chi connectivity index (χ2n) is 3.05. The number of amides is 1. The topological polar surface area (TPSA) is 75.6 Å². The largest absolute Gasteiger partial charge is 0.512 e. The Morgan fingerprint density at radius 1 is 1.33 bits per heavy atom. The van der Waals surface area contributed by atoms with Crippen LogP contribution in [0.15, 0.2) is 23.6 Å². The molecule has 18 heavy (non-hydrogen) atoms. The molecule has 2 aromatic heterocycles. The molecule has 0 aromatic carbocycles. The molecule has 5 nitrogen and oxygen atoms in total. The number of carboxylic acid groups (broad SMARTS) is 1. The predicted molar refractivity (Wildman–Crippen MR) is 70.3 cm³/mol. The number of halogens is 1. The number of anilines is 1. The molecule has 94 valence electrons. The van der Waals surface area contributed by atoms with Gasteiger partial charge in [-0.2, -0.15) is 0 Å². The van der Waals surface area contributed by atoms with Gasteiger partial charge in [-0.25, -0.2) is 4.79 Å². The quantitative estimate of drug-likeness (QED) is 0.846. The summed E-state index contributed by atoms with van der Waals surface area (Å²) in [4.78, 5) is 22.7. The third-order valence-electron chi connectivity index (χ3n) is 1.85. The van der Waals surface area contributed by atoms with Crippen molar-refractivity contribution >= 4 is 52.0 Å². The average Bonchev–Trinajstić information content (AvgIpc) is 2.88. The van der Waals surface area contributed by atoms with Gasteiger partial charge in [0.25, 0.3) is 5.91 Å². The molecular weight excluding hydrogens is 298 g/mol. The summed E-state index contributed by atoms with van der Waals surface area (Å²) in [6.07, 6.45) is -1.42. The molecular formula is C10H6ClNO4S2. The lowest BCUT2D eigenvalue weighted by molar-refractivity contribution is 0.102. The van der Waals surface area contributed by atoms with Gasteiger partial charge in [-0.05, 0) is 23.6 Å².